The molecule has 222 valence electrons. The second-order valence-electron chi connectivity index (χ2n) is 10.0. The van der Waals surface area contributed by atoms with Crippen molar-refractivity contribution < 1.29 is 9.59 Å². The van der Waals surface area contributed by atoms with Crippen LogP contribution in [0.15, 0.2) is 39.5 Å². The quantitative estimate of drug-likeness (QED) is 0.259. The van der Waals surface area contributed by atoms with Crippen LogP contribution in [0.5, 0.6) is 0 Å². The highest BCUT2D eigenvalue weighted by molar-refractivity contribution is 8.05. The second-order valence-corrected chi connectivity index (χ2v) is 11.4. The van der Waals surface area contributed by atoms with Crippen molar-refractivity contribution in [3.8, 4) is 0 Å². The van der Waals surface area contributed by atoms with E-state index in [1.165, 1.54) is 19.3 Å². The molecular weight excluding hydrogens is 508 g/mol. The van der Waals surface area contributed by atoms with Gasteiger partial charge >= 0.3 is 6.03 Å². The molecule has 3 amide bonds. The van der Waals surface area contributed by atoms with Gasteiger partial charge in [0.05, 0.1) is 11.2 Å². The molecule has 39 heavy (non-hydrogen) atoms. The molecule has 0 aromatic rings. The number of allylic oxidation sites excluding steroid dienone is 2. The topological polar surface area (TPSA) is 85.5 Å². The second kappa shape index (κ2) is 18.8. The number of nitrogens with two attached hydrogens (primary N) is 1. The molecular formula is C30H54N6O2S. The van der Waals surface area contributed by atoms with Crippen molar-refractivity contribution in [3.05, 3.63) is 34.5 Å². The molecule has 2 aliphatic heterocycles. The predicted octanol–water partition coefficient (Wildman–Crippen LogP) is 5.68. The summed E-state index contributed by atoms with van der Waals surface area (Å²) in [5, 5.41) is 0.127. The molecule has 1 saturated heterocycles. The van der Waals surface area contributed by atoms with Crippen LogP contribution in [0.1, 0.15) is 80.6 Å². The van der Waals surface area contributed by atoms with E-state index in [2.05, 4.69) is 44.5 Å². The van der Waals surface area contributed by atoms with Crippen molar-refractivity contribution in [3.63, 3.8) is 0 Å². The van der Waals surface area contributed by atoms with E-state index in [1.807, 2.05) is 35.8 Å². The molecule has 9 heteroatoms. The molecule has 1 fully saturated rings. The normalized spacial score (nSPS) is 19.6. The average molecular weight is 563 g/mol. The minimum absolute atomic E-state index is 0.0196. The zero-order chi connectivity index (χ0) is 29.4. The Labute approximate surface area is 242 Å². The Hall–Kier alpha value is -2.42. The summed E-state index contributed by atoms with van der Waals surface area (Å²) in [7, 11) is 1.68. The third-order valence-electron chi connectivity index (χ3n) is 7.07. The van der Waals surface area contributed by atoms with E-state index in [9.17, 15) is 9.59 Å². The number of hydrogen-bond donors (Lipinski definition) is 1. The number of piperazine rings is 1. The molecule has 0 spiro atoms. The molecule has 0 aliphatic carbocycles. The smallest absolute Gasteiger partial charge is 0.320 e. The van der Waals surface area contributed by atoms with Crippen molar-refractivity contribution in [2.75, 3.05) is 46.3 Å². The third-order valence-corrected chi connectivity index (χ3v) is 8.23. The summed E-state index contributed by atoms with van der Waals surface area (Å²) in [5.41, 5.74) is 7.94. The van der Waals surface area contributed by atoms with Crippen LogP contribution in [-0.4, -0.2) is 95.5 Å². The van der Waals surface area contributed by atoms with Gasteiger partial charge in [0.25, 0.3) is 5.91 Å². The number of urea groups is 1. The first kappa shape index (κ1) is 34.6. The predicted molar refractivity (Wildman–Crippen MR) is 168 cm³/mol. The van der Waals surface area contributed by atoms with Crippen LogP contribution >= 0.6 is 11.8 Å². The summed E-state index contributed by atoms with van der Waals surface area (Å²) >= 11 is 1.58. The number of unbranched alkanes of at least 4 members (excludes halogenated alkanes) is 2. The fourth-order valence-electron chi connectivity index (χ4n) is 4.58. The molecule has 0 saturated carbocycles. The molecule has 2 atom stereocenters. The number of amides is 3. The molecule has 0 bridgehead atoms. The summed E-state index contributed by atoms with van der Waals surface area (Å²) in [6.07, 6.45) is 13.0. The van der Waals surface area contributed by atoms with E-state index >= 15 is 0 Å². The number of rotatable bonds is 11. The molecule has 8 nitrogen and oxygen atoms in total. The first-order chi connectivity index (χ1) is 18.7. The maximum Gasteiger partial charge on any atom is 0.320 e. The highest BCUT2D eigenvalue weighted by atomic mass is 32.2. The molecule has 2 heterocycles. The minimum Gasteiger partial charge on any atom is -0.405 e. The van der Waals surface area contributed by atoms with Gasteiger partial charge in [-0.15, -0.1) is 11.8 Å². The summed E-state index contributed by atoms with van der Waals surface area (Å²) in [5.74, 6) is -0.0196. The van der Waals surface area contributed by atoms with Crippen LogP contribution in [0.3, 0.4) is 0 Å². The Morgan fingerprint density at radius 1 is 1.10 bits per heavy atom. The van der Waals surface area contributed by atoms with Crippen LogP contribution in [0.2, 0.25) is 0 Å². The van der Waals surface area contributed by atoms with Crippen LogP contribution in [-0.2, 0) is 4.79 Å². The molecule has 2 unspecified atom stereocenters. The van der Waals surface area contributed by atoms with Gasteiger partial charge in [0.2, 0.25) is 0 Å². The van der Waals surface area contributed by atoms with Crippen molar-refractivity contribution >= 4 is 30.0 Å². The number of thioether (sulfide) groups is 1. The monoisotopic (exact) mass is 562 g/mol. The number of hydrogen-bond acceptors (Lipinski definition) is 6. The SMILES string of the molecule is CCCCC.CCCN(CC)C(=O)N1CCN(C(/C=C\N)=C2\C=C(C(=O)N(C=NC)C(C)CC)SC2C)CC1. The van der Waals surface area contributed by atoms with Crippen molar-refractivity contribution in [2.45, 2.75) is 91.9 Å². The maximum absolute atomic E-state index is 13.3. The van der Waals surface area contributed by atoms with Gasteiger partial charge < -0.3 is 20.4 Å². The minimum atomic E-state index is -0.0196. The van der Waals surface area contributed by atoms with Crippen LogP contribution in [0.25, 0.3) is 0 Å². The fourth-order valence-corrected chi connectivity index (χ4v) is 5.68. The zero-order valence-electron chi connectivity index (χ0n) is 25.8. The van der Waals surface area contributed by atoms with Crippen molar-refractivity contribution in [1.29, 1.82) is 0 Å². The third kappa shape index (κ3) is 10.2. The Balaban J connectivity index is 0.00000139. The maximum atomic E-state index is 13.3. The van der Waals surface area contributed by atoms with Gasteiger partial charge in [-0.3, -0.25) is 14.7 Å². The Kier molecular flexibility index (Phi) is 16.7. The number of nitrogens with zero attached hydrogens (tertiary/aromatic N) is 5. The van der Waals surface area contributed by atoms with Crippen LogP contribution in [0, 0.1) is 0 Å². The lowest BCUT2D eigenvalue weighted by Gasteiger charge is -2.39. The lowest BCUT2D eigenvalue weighted by molar-refractivity contribution is -0.123. The molecule has 2 N–H and O–H groups in total. The summed E-state index contributed by atoms with van der Waals surface area (Å²) < 4.78 is 0. The van der Waals surface area contributed by atoms with E-state index in [1.54, 1.807) is 36.2 Å². The van der Waals surface area contributed by atoms with Gasteiger partial charge in [-0.1, -0.05) is 47.0 Å². The zero-order valence-corrected chi connectivity index (χ0v) is 26.6. The Morgan fingerprint density at radius 2 is 1.72 bits per heavy atom. The molecule has 0 radical (unpaired) electrons. The van der Waals surface area contributed by atoms with Gasteiger partial charge in [0.1, 0.15) is 0 Å². The van der Waals surface area contributed by atoms with Gasteiger partial charge in [0, 0.05) is 63.3 Å². The van der Waals surface area contributed by atoms with E-state index < -0.39 is 0 Å². The Morgan fingerprint density at radius 3 is 2.18 bits per heavy atom. The number of aliphatic imine (C=N–C) groups is 1. The summed E-state index contributed by atoms with van der Waals surface area (Å²) in [4.78, 5) is 38.8. The van der Waals surface area contributed by atoms with Gasteiger partial charge in [0.15, 0.2) is 0 Å². The standard InChI is InChI=1S/C25H42N6O2S.C5H12/c1-7-12-28(9-3)25(33)30-15-13-29(14-16-30)22(10-11-26)21-17-23(34-20(21)5)24(32)31(18-27-6)19(4)8-2;1-3-5-4-2/h10-11,17-20H,7-9,12-16,26H2,1-6H3;3-5H2,1-2H3/b11-10-,22-21+,27-18?;. The first-order valence-electron chi connectivity index (χ1n) is 14.8. The summed E-state index contributed by atoms with van der Waals surface area (Å²) in [6, 6.07) is 0.193. The molecule has 2 rings (SSSR count). The first-order valence-corrected chi connectivity index (χ1v) is 15.7. The number of carbonyl (C=O) groups excluding carboxylic acids is 2. The number of carbonyl (C=O) groups is 2. The molecule has 2 aliphatic rings. The van der Waals surface area contributed by atoms with E-state index in [4.69, 9.17) is 5.73 Å². The van der Waals surface area contributed by atoms with Crippen molar-refractivity contribution in [1.82, 2.24) is 19.6 Å². The van der Waals surface area contributed by atoms with E-state index in [0.717, 1.165) is 55.2 Å². The van der Waals surface area contributed by atoms with E-state index in [0.29, 0.717) is 13.1 Å². The van der Waals surface area contributed by atoms with E-state index in [-0.39, 0.29) is 23.2 Å². The summed E-state index contributed by atoms with van der Waals surface area (Å²) in [6.45, 7) is 19.1. The van der Waals surface area contributed by atoms with Gasteiger partial charge in [-0.2, -0.15) is 0 Å². The lowest BCUT2D eigenvalue weighted by Crippen LogP contribution is -2.52. The van der Waals surface area contributed by atoms with Crippen molar-refractivity contribution in [2.24, 2.45) is 10.7 Å². The van der Waals surface area contributed by atoms with Crippen LogP contribution in [0.4, 0.5) is 4.79 Å². The molecule has 0 aromatic heterocycles. The van der Waals surface area contributed by atoms with Gasteiger partial charge in [-0.05, 0) is 57.5 Å². The average Bonchev–Trinajstić information content (AvgIpc) is 3.34. The van der Waals surface area contributed by atoms with Crippen LogP contribution < -0.4 is 5.73 Å². The lowest BCUT2D eigenvalue weighted by atomic mass is 10.1. The Bertz CT molecular complexity index is 875. The highest BCUT2D eigenvalue weighted by Crippen LogP contribution is 2.39. The molecule has 0 aromatic carbocycles. The highest BCUT2D eigenvalue weighted by Gasteiger charge is 2.32. The van der Waals surface area contributed by atoms with Gasteiger partial charge in [-0.25, -0.2) is 4.79 Å². The fraction of sp³-hybridized carbons (Fsp3) is 0.700. The largest absolute Gasteiger partial charge is 0.405 e.